The fourth-order valence-electron chi connectivity index (χ4n) is 1.91. The van der Waals surface area contributed by atoms with Crippen LogP contribution in [0.3, 0.4) is 0 Å². The standard InChI is InChI=1S/C15H21N3O4/c1-9(2)7-11(15(21)22)18-12(19)8-17-14(20)13-10(3)5-4-6-16-13/h4-6,9,11H,7-8H2,1-3H3,(H,17,20)(H,18,19)(H,21,22)/t11-/m0/s1. The molecule has 1 aromatic rings. The van der Waals surface area contributed by atoms with Gasteiger partial charge in [0.15, 0.2) is 0 Å². The van der Waals surface area contributed by atoms with E-state index >= 15 is 0 Å². The number of aliphatic carboxylic acids is 1. The lowest BCUT2D eigenvalue weighted by Gasteiger charge is -2.16. The van der Waals surface area contributed by atoms with Crippen molar-refractivity contribution in [3.8, 4) is 0 Å². The lowest BCUT2D eigenvalue weighted by Crippen LogP contribution is -2.46. The quantitative estimate of drug-likeness (QED) is 0.688. The molecule has 1 rings (SSSR count). The number of nitrogens with zero attached hydrogens (tertiary/aromatic N) is 1. The Balaban J connectivity index is 2.53. The van der Waals surface area contributed by atoms with Gasteiger partial charge in [-0.2, -0.15) is 0 Å². The molecule has 120 valence electrons. The predicted octanol–water partition coefficient (Wildman–Crippen LogP) is 0.735. The van der Waals surface area contributed by atoms with Crippen LogP contribution in [0.4, 0.5) is 0 Å². The van der Waals surface area contributed by atoms with Gasteiger partial charge in [0.1, 0.15) is 11.7 Å². The van der Waals surface area contributed by atoms with Gasteiger partial charge in [0, 0.05) is 6.20 Å². The molecular formula is C15H21N3O4. The van der Waals surface area contributed by atoms with Crippen molar-refractivity contribution in [2.45, 2.75) is 33.2 Å². The molecule has 0 saturated heterocycles. The minimum absolute atomic E-state index is 0.132. The molecule has 22 heavy (non-hydrogen) atoms. The highest BCUT2D eigenvalue weighted by Gasteiger charge is 2.21. The first kappa shape index (κ1) is 17.6. The Labute approximate surface area is 129 Å². The van der Waals surface area contributed by atoms with Gasteiger partial charge in [0.2, 0.25) is 5.91 Å². The summed E-state index contributed by atoms with van der Waals surface area (Å²) in [7, 11) is 0. The molecule has 0 fully saturated rings. The summed E-state index contributed by atoms with van der Waals surface area (Å²) in [6, 6.07) is 2.49. The average Bonchev–Trinajstić information content (AvgIpc) is 2.44. The molecule has 2 amide bonds. The number of carbonyl (C=O) groups is 3. The zero-order valence-corrected chi connectivity index (χ0v) is 12.9. The Morgan fingerprint density at radius 3 is 2.55 bits per heavy atom. The minimum atomic E-state index is -1.09. The van der Waals surface area contributed by atoms with Crippen LogP contribution in [0.1, 0.15) is 36.3 Å². The van der Waals surface area contributed by atoms with E-state index in [2.05, 4.69) is 15.6 Å². The van der Waals surface area contributed by atoms with Crippen molar-refractivity contribution >= 4 is 17.8 Å². The Bertz CT molecular complexity index is 557. The van der Waals surface area contributed by atoms with Gasteiger partial charge in [-0.15, -0.1) is 0 Å². The van der Waals surface area contributed by atoms with Gasteiger partial charge in [-0.05, 0) is 30.9 Å². The highest BCUT2D eigenvalue weighted by atomic mass is 16.4. The van der Waals surface area contributed by atoms with Crippen molar-refractivity contribution in [1.82, 2.24) is 15.6 Å². The summed E-state index contributed by atoms with van der Waals surface area (Å²) in [4.78, 5) is 38.7. The van der Waals surface area contributed by atoms with Gasteiger partial charge in [0.25, 0.3) is 5.91 Å². The predicted molar refractivity (Wildman–Crippen MR) is 80.3 cm³/mol. The first-order valence-electron chi connectivity index (χ1n) is 7.03. The van der Waals surface area contributed by atoms with Crippen molar-refractivity contribution in [3.05, 3.63) is 29.6 Å². The number of carboxylic acid groups (broad SMARTS) is 1. The average molecular weight is 307 g/mol. The van der Waals surface area contributed by atoms with Crippen molar-refractivity contribution in [1.29, 1.82) is 0 Å². The number of hydrogen-bond acceptors (Lipinski definition) is 4. The normalized spacial score (nSPS) is 11.8. The number of pyridine rings is 1. The lowest BCUT2D eigenvalue weighted by atomic mass is 10.0. The van der Waals surface area contributed by atoms with Crippen LogP contribution in [0, 0.1) is 12.8 Å². The van der Waals surface area contributed by atoms with E-state index in [9.17, 15) is 14.4 Å². The molecule has 0 unspecified atom stereocenters. The number of hydrogen-bond donors (Lipinski definition) is 3. The van der Waals surface area contributed by atoms with Crippen LogP contribution in [-0.4, -0.2) is 40.5 Å². The molecule has 0 aliphatic heterocycles. The second-order valence-electron chi connectivity index (χ2n) is 5.44. The number of carbonyl (C=O) groups excluding carboxylic acids is 2. The summed E-state index contributed by atoms with van der Waals surface area (Å²) in [5, 5.41) is 13.9. The second-order valence-corrected chi connectivity index (χ2v) is 5.44. The Morgan fingerprint density at radius 1 is 1.32 bits per heavy atom. The maximum Gasteiger partial charge on any atom is 0.326 e. The van der Waals surface area contributed by atoms with Gasteiger partial charge >= 0.3 is 5.97 Å². The number of nitrogens with one attached hydrogen (secondary N) is 2. The number of aryl methyl sites for hydroxylation is 1. The zero-order valence-electron chi connectivity index (χ0n) is 12.9. The molecular weight excluding hydrogens is 286 g/mol. The summed E-state index contributed by atoms with van der Waals surface area (Å²) in [5.41, 5.74) is 0.941. The maximum absolute atomic E-state index is 11.9. The summed E-state index contributed by atoms with van der Waals surface area (Å²) >= 11 is 0. The van der Waals surface area contributed by atoms with E-state index in [0.29, 0.717) is 12.0 Å². The summed E-state index contributed by atoms with van der Waals surface area (Å²) in [6.45, 7) is 5.18. The summed E-state index contributed by atoms with van der Waals surface area (Å²) in [6.07, 6.45) is 1.82. The molecule has 7 nitrogen and oxygen atoms in total. The molecule has 0 aliphatic rings. The lowest BCUT2D eigenvalue weighted by molar-refractivity contribution is -0.142. The van der Waals surface area contributed by atoms with Gasteiger partial charge in [-0.1, -0.05) is 19.9 Å². The first-order valence-corrected chi connectivity index (χ1v) is 7.03. The number of carboxylic acids is 1. The van der Waals surface area contributed by atoms with Crippen LogP contribution in [-0.2, 0) is 9.59 Å². The zero-order chi connectivity index (χ0) is 16.7. The second kappa shape index (κ2) is 8.11. The van der Waals surface area contributed by atoms with Gasteiger partial charge in [0.05, 0.1) is 6.54 Å². The minimum Gasteiger partial charge on any atom is -0.480 e. The molecule has 0 spiro atoms. The van der Waals surface area contributed by atoms with E-state index in [0.717, 1.165) is 0 Å². The molecule has 0 aromatic carbocycles. The van der Waals surface area contributed by atoms with Gasteiger partial charge < -0.3 is 15.7 Å². The van der Waals surface area contributed by atoms with Crippen molar-refractivity contribution in [3.63, 3.8) is 0 Å². The van der Waals surface area contributed by atoms with Crippen LogP contribution in [0.5, 0.6) is 0 Å². The van der Waals surface area contributed by atoms with E-state index in [1.54, 1.807) is 19.1 Å². The highest BCUT2D eigenvalue weighted by Crippen LogP contribution is 2.05. The van der Waals surface area contributed by atoms with Crippen LogP contribution in [0.25, 0.3) is 0 Å². The fraction of sp³-hybridized carbons (Fsp3) is 0.467. The van der Waals surface area contributed by atoms with Crippen molar-refractivity contribution < 1.29 is 19.5 Å². The van der Waals surface area contributed by atoms with Gasteiger partial charge in [-0.3, -0.25) is 14.6 Å². The first-order chi connectivity index (χ1) is 10.3. The summed E-state index contributed by atoms with van der Waals surface area (Å²) in [5.74, 6) is -1.97. The molecule has 0 bridgehead atoms. The van der Waals surface area contributed by atoms with Crippen LogP contribution in [0.15, 0.2) is 18.3 Å². The maximum atomic E-state index is 11.9. The van der Waals surface area contributed by atoms with Gasteiger partial charge in [-0.25, -0.2) is 4.79 Å². The third-order valence-corrected chi connectivity index (χ3v) is 2.97. The van der Waals surface area contributed by atoms with Crippen molar-refractivity contribution in [2.75, 3.05) is 6.54 Å². The number of aromatic nitrogens is 1. The van der Waals surface area contributed by atoms with Crippen LogP contribution >= 0.6 is 0 Å². The third kappa shape index (κ3) is 5.51. The molecule has 7 heteroatoms. The summed E-state index contributed by atoms with van der Waals surface area (Å²) < 4.78 is 0. The van der Waals surface area contributed by atoms with E-state index < -0.39 is 23.8 Å². The molecule has 1 aromatic heterocycles. The van der Waals surface area contributed by atoms with Crippen LogP contribution < -0.4 is 10.6 Å². The largest absolute Gasteiger partial charge is 0.480 e. The Kier molecular flexibility index (Phi) is 6.49. The Hall–Kier alpha value is -2.44. The number of amides is 2. The molecule has 0 aliphatic carbocycles. The SMILES string of the molecule is Cc1cccnc1C(=O)NCC(=O)N[C@@H](CC(C)C)C(=O)O. The molecule has 0 saturated carbocycles. The topological polar surface area (TPSA) is 108 Å². The molecule has 0 radical (unpaired) electrons. The van der Waals surface area contributed by atoms with Crippen molar-refractivity contribution in [2.24, 2.45) is 5.92 Å². The smallest absolute Gasteiger partial charge is 0.326 e. The van der Waals surface area contributed by atoms with E-state index in [-0.39, 0.29) is 18.2 Å². The molecule has 1 atom stereocenters. The molecule has 1 heterocycles. The van der Waals surface area contributed by atoms with E-state index in [1.165, 1.54) is 6.20 Å². The fourth-order valence-corrected chi connectivity index (χ4v) is 1.91. The van der Waals surface area contributed by atoms with E-state index in [4.69, 9.17) is 5.11 Å². The highest BCUT2D eigenvalue weighted by molar-refractivity contribution is 5.96. The van der Waals surface area contributed by atoms with E-state index in [1.807, 2.05) is 13.8 Å². The molecule has 3 N–H and O–H groups in total. The third-order valence-electron chi connectivity index (χ3n) is 2.97. The monoisotopic (exact) mass is 307 g/mol. The number of rotatable bonds is 7. The van der Waals surface area contributed by atoms with Crippen LogP contribution in [0.2, 0.25) is 0 Å². The Morgan fingerprint density at radius 2 is 2.00 bits per heavy atom.